The fourth-order valence-corrected chi connectivity index (χ4v) is 6.60. The Labute approximate surface area is 288 Å². The van der Waals surface area contributed by atoms with E-state index in [1.807, 2.05) is 0 Å². The molecule has 0 unspecified atom stereocenters. The average molecular weight is 636 g/mol. The molecule has 49 heavy (non-hydrogen) atoms. The highest BCUT2D eigenvalue weighted by Crippen LogP contribution is 2.43. The van der Waals surface area contributed by atoms with Crippen LogP contribution in [0.5, 0.6) is 5.75 Å². The van der Waals surface area contributed by atoms with Crippen LogP contribution >= 0.6 is 0 Å². The van der Waals surface area contributed by atoms with Gasteiger partial charge in [-0.25, -0.2) is 0 Å². The summed E-state index contributed by atoms with van der Waals surface area (Å²) in [6.45, 7) is 2.88. The second-order valence-corrected chi connectivity index (χ2v) is 12.5. The number of hydrogen-bond donors (Lipinski definition) is 0. The lowest BCUT2D eigenvalue weighted by Gasteiger charge is -2.19. The summed E-state index contributed by atoms with van der Waals surface area (Å²) >= 11 is 0. The SMILES string of the molecule is CCC(=C/c1oc2ccc(-c3ccccc3)cc2c1Cc1ccccc1)/C=C1\Oc2ccc(-c3ccccc3)cc2N1Cc1ccccc1. The van der Waals surface area contributed by atoms with Gasteiger partial charge in [0.15, 0.2) is 5.75 Å². The van der Waals surface area contributed by atoms with Gasteiger partial charge in [0.1, 0.15) is 11.3 Å². The minimum absolute atomic E-state index is 0.696. The fraction of sp³-hybridized carbons (Fsp3) is 0.0870. The third-order valence-electron chi connectivity index (χ3n) is 9.21. The maximum absolute atomic E-state index is 6.65. The van der Waals surface area contributed by atoms with E-state index in [2.05, 4.69) is 182 Å². The van der Waals surface area contributed by atoms with Gasteiger partial charge in [-0.3, -0.25) is 0 Å². The Hall–Kier alpha value is -6.06. The zero-order chi connectivity index (χ0) is 33.0. The maximum atomic E-state index is 6.65. The van der Waals surface area contributed by atoms with E-state index >= 15 is 0 Å². The summed E-state index contributed by atoms with van der Waals surface area (Å²) in [7, 11) is 0. The summed E-state index contributed by atoms with van der Waals surface area (Å²) < 4.78 is 13.3. The summed E-state index contributed by atoms with van der Waals surface area (Å²) in [5, 5.41) is 1.14. The van der Waals surface area contributed by atoms with Crippen molar-refractivity contribution in [2.75, 3.05) is 4.90 Å². The number of anilines is 1. The van der Waals surface area contributed by atoms with Gasteiger partial charge >= 0.3 is 0 Å². The smallest absolute Gasteiger partial charge is 0.201 e. The lowest BCUT2D eigenvalue weighted by Crippen LogP contribution is -2.19. The molecule has 3 heteroatoms. The van der Waals surface area contributed by atoms with Gasteiger partial charge in [0.25, 0.3) is 0 Å². The maximum Gasteiger partial charge on any atom is 0.201 e. The van der Waals surface area contributed by atoms with Crippen LogP contribution in [0, 0.1) is 0 Å². The second-order valence-electron chi connectivity index (χ2n) is 12.5. The number of furan rings is 1. The van der Waals surface area contributed by atoms with Crippen LogP contribution in [0.4, 0.5) is 5.69 Å². The van der Waals surface area contributed by atoms with Gasteiger partial charge in [0, 0.05) is 23.4 Å². The molecule has 0 spiro atoms. The monoisotopic (exact) mass is 635 g/mol. The van der Waals surface area contributed by atoms with Crippen LogP contribution in [0.3, 0.4) is 0 Å². The van der Waals surface area contributed by atoms with E-state index in [9.17, 15) is 0 Å². The number of rotatable bonds is 9. The summed E-state index contributed by atoms with van der Waals surface area (Å²) in [6, 6.07) is 55.3. The number of hydrogen-bond acceptors (Lipinski definition) is 3. The molecule has 0 amide bonds. The van der Waals surface area contributed by atoms with Gasteiger partial charge in [-0.15, -0.1) is 0 Å². The van der Waals surface area contributed by atoms with Crippen molar-refractivity contribution >= 4 is 22.7 Å². The molecule has 0 aliphatic carbocycles. The molecular weight excluding hydrogens is 599 g/mol. The van der Waals surface area contributed by atoms with Crippen LogP contribution in [0.1, 0.15) is 35.8 Å². The quantitative estimate of drug-likeness (QED) is 0.158. The molecule has 0 bridgehead atoms. The van der Waals surface area contributed by atoms with Crippen LogP contribution in [0.25, 0.3) is 39.3 Å². The van der Waals surface area contributed by atoms with Gasteiger partial charge in [-0.2, -0.15) is 0 Å². The average Bonchev–Trinajstić information content (AvgIpc) is 3.68. The van der Waals surface area contributed by atoms with Gasteiger partial charge in [0.2, 0.25) is 5.88 Å². The molecule has 0 saturated carbocycles. The third kappa shape index (κ3) is 6.44. The molecule has 1 aliphatic rings. The molecule has 2 heterocycles. The fourth-order valence-electron chi connectivity index (χ4n) is 6.60. The van der Waals surface area contributed by atoms with E-state index in [0.29, 0.717) is 6.54 Å². The van der Waals surface area contributed by atoms with Gasteiger partial charge < -0.3 is 14.1 Å². The van der Waals surface area contributed by atoms with Crippen molar-refractivity contribution in [3.63, 3.8) is 0 Å². The summed E-state index contributed by atoms with van der Waals surface area (Å²) in [4.78, 5) is 2.29. The molecule has 3 nitrogen and oxygen atoms in total. The Morgan fingerprint density at radius 3 is 1.86 bits per heavy atom. The highest BCUT2D eigenvalue weighted by atomic mass is 16.5. The van der Waals surface area contributed by atoms with Crippen molar-refractivity contribution in [2.24, 2.45) is 0 Å². The Kier molecular flexibility index (Phi) is 8.39. The normalized spacial score (nSPS) is 13.5. The summed E-state index contributed by atoms with van der Waals surface area (Å²) in [5.41, 5.74) is 11.5. The van der Waals surface area contributed by atoms with Crippen molar-refractivity contribution < 1.29 is 9.15 Å². The molecular formula is C46H37NO2. The van der Waals surface area contributed by atoms with Crippen LogP contribution in [0.15, 0.2) is 180 Å². The summed E-state index contributed by atoms with van der Waals surface area (Å²) in [5.74, 6) is 2.55. The molecule has 0 saturated heterocycles. The molecule has 0 radical (unpaired) electrons. The van der Waals surface area contributed by atoms with Crippen molar-refractivity contribution in [2.45, 2.75) is 26.3 Å². The van der Waals surface area contributed by atoms with Crippen molar-refractivity contribution in [3.8, 4) is 28.0 Å². The number of fused-ring (bicyclic) bond motifs is 2. The number of nitrogens with zero attached hydrogens (tertiary/aromatic N) is 1. The predicted octanol–water partition coefficient (Wildman–Crippen LogP) is 12.1. The standard InChI is InChI=1S/C46H37NO2/c1-2-33(28-45-40(27-34-15-7-3-8-16-34)41-30-38(23-25-43(41)48-45)36-19-11-5-12-20-36)29-46-47(32-35-17-9-4-10-18-35)42-31-39(24-26-44(42)49-46)37-21-13-6-14-22-37/h3-26,28-31H,2,27,32H2,1H3/b33-28-,46-29-. The Balaban J connectivity index is 1.21. The zero-order valence-electron chi connectivity index (χ0n) is 27.6. The predicted molar refractivity (Wildman–Crippen MR) is 202 cm³/mol. The van der Waals surface area contributed by atoms with Gasteiger partial charge in [0.05, 0.1) is 12.2 Å². The summed E-state index contributed by atoms with van der Waals surface area (Å²) in [6.07, 6.45) is 5.97. The molecule has 6 aromatic carbocycles. The topological polar surface area (TPSA) is 25.6 Å². The number of ether oxygens (including phenoxy) is 1. The lowest BCUT2D eigenvalue weighted by molar-refractivity contribution is 0.437. The first kappa shape index (κ1) is 30.3. The largest absolute Gasteiger partial charge is 0.456 e. The van der Waals surface area contributed by atoms with Crippen LogP contribution in [0.2, 0.25) is 0 Å². The first-order chi connectivity index (χ1) is 24.2. The molecule has 7 aromatic rings. The molecule has 0 atom stereocenters. The Bertz CT molecular complexity index is 2270. The molecule has 0 fully saturated rings. The minimum atomic E-state index is 0.696. The van der Waals surface area contributed by atoms with Crippen LogP contribution in [-0.2, 0) is 13.0 Å². The van der Waals surface area contributed by atoms with E-state index < -0.39 is 0 Å². The zero-order valence-corrected chi connectivity index (χ0v) is 27.6. The second kappa shape index (κ2) is 13.6. The first-order valence-corrected chi connectivity index (χ1v) is 17.0. The lowest BCUT2D eigenvalue weighted by atomic mass is 9.97. The van der Waals surface area contributed by atoms with Crippen LogP contribution < -0.4 is 9.64 Å². The number of benzene rings is 6. The first-order valence-electron chi connectivity index (χ1n) is 17.0. The highest BCUT2D eigenvalue weighted by molar-refractivity contribution is 5.89. The van der Waals surface area contributed by atoms with Gasteiger partial charge in [-0.05, 0) is 75.7 Å². The van der Waals surface area contributed by atoms with E-state index in [0.717, 1.165) is 58.0 Å². The third-order valence-corrected chi connectivity index (χ3v) is 9.21. The highest BCUT2D eigenvalue weighted by Gasteiger charge is 2.27. The molecule has 1 aromatic heterocycles. The van der Waals surface area contributed by atoms with Crippen LogP contribution in [-0.4, -0.2) is 0 Å². The minimum Gasteiger partial charge on any atom is -0.456 e. The van der Waals surface area contributed by atoms with Crippen molar-refractivity contribution in [1.82, 2.24) is 0 Å². The van der Waals surface area contributed by atoms with E-state index in [-0.39, 0.29) is 0 Å². The van der Waals surface area contributed by atoms with Gasteiger partial charge in [-0.1, -0.05) is 140 Å². The molecule has 1 aliphatic heterocycles. The molecule has 0 N–H and O–H groups in total. The van der Waals surface area contributed by atoms with E-state index in [4.69, 9.17) is 9.15 Å². The number of allylic oxidation sites excluding steroid dienone is 2. The molecule has 8 rings (SSSR count). The van der Waals surface area contributed by atoms with E-state index in [1.165, 1.54) is 33.4 Å². The van der Waals surface area contributed by atoms with E-state index in [1.54, 1.807) is 0 Å². The molecule has 238 valence electrons. The Morgan fingerprint density at radius 1 is 0.612 bits per heavy atom. The van der Waals surface area contributed by atoms with Crippen molar-refractivity contribution in [3.05, 3.63) is 198 Å². The Morgan fingerprint density at radius 2 is 1.20 bits per heavy atom. The van der Waals surface area contributed by atoms with Crippen molar-refractivity contribution in [1.29, 1.82) is 0 Å².